The van der Waals surface area contributed by atoms with Crippen LogP contribution in [0.3, 0.4) is 0 Å². The molecule has 41 heavy (non-hydrogen) atoms. The second-order valence-corrected chi connectivity index (χ2v) is 9.20. The Morgan fingerprint density at radius 2 is 1.68 bits per heavy atom. The minimum atomic E-state index is -4.66. The molecule has 2 aromatic heterocycles. The van der Waals surface area contributed by atoms with Gasteiger partial charge < -0.3 is 20.7 Å². The molecule has 0 radical (unpaired) electrons. The van der Waals surface area contributed by atoms with Gasteiger partial charge in [0.15, 0.2) is 6.61 Å². The summed E-state index contributed by atoms with van der Waals surface area (Å²) in [7, 11) is 0. The van der Waals surface area contributed by atoms with Gasteiger partial charge in [-0.25, -0.2) is 0 Å². The molecule has 10 nitrogen and oxygen atoms in total. The van der Waals surface area contributed by atoms with Gasteiger partial charge in [-0.05, 0) is 48.7 Å². The number of carbonyl (C=O) groups excluding carboxylic acids is 1. The Bertz CT molecular complexity index is 1300. The number of amides is 1. The van der Waals surface area contributed by atoms with Gasteiger partial charge in [-0.3, -0.25) is 14.7 Å². The molecule has 1 saturated heterocycles. The Hall–Kier alpha value is -4.21. The SMILES string of the molecule is O=C(CN1CCC(Nc2nc(Nc3cccc(C(F)(F)F)c3)nc(OCC(F)(F)F)n2)CC1)NCc1ccncc1. The molecule has 1 aliphatic rings. The van der Waals surface area contributed by atoms with E-state index in [4.69, 9.17) is 0 Å². The minimum absolute atomic E-state index is 0.0331. The molecular formula is C25H26F6N8O2. The van der Waals surface area contributed by atoms with Gasteiger partial charge in [0.2, 0.25) is 17.8 Å². The Balaban J connectivity index is 1.37. The highest BCUT2D eigenvalue weighted by molar-refractivity contribution is 5.78. The van der Waals surface area contributed by atoms with E-state index in [1.807, 2.05) is 4.90 Å². The van der Waals surface area contributed by atoms with Crippen LogP contribution in [0.1, 0.15) is 24.0 Å². The van der Waals surface area contributed by atoms with Gasteiger partial charge in [0.1, 0.15) is 0 Å². The van der Waals surface area contributed by atoms with E-state index in [9.17, 15) is 31.1 Å². The summed E-state index contributed by atoms with van der Waals surface area (Å²) in [5.74, 6) is -0.551. The van der Waals surface area contributed by atoms with Gasteiger partial charge in [-0.2, -0.15) is 41.3 Å². The maximum atomic E-state index is 13.1. The minimum Gasteiger partial charge on any atom is -0.454 e. The number of hydrogen-bond donors (Lipinski definition) is 3. The van der Waals surface area contributed by atoms with Crippen LogP contribution >= 0.6 is 0 Å². The van der Waals surface area contributed by atoms with Crippen molar-refractivity contribution in [3.8, 4) is 6.01 Å². The molecule has 0 atom stereocenters. The Kier molecular flexibility index (Phi) is 9.42. The van der Waals surface area contributed by atoms with Gasteiger partial charge in [0, 0.05) is 43.8 Å². The van der Waals surface area contributed by atoms with Crippen LogP contribution in [0.25, 0.3) is 0 Å². The number of likely N-dealkylation sites (tertiary alicyclic amines) is 1. The molecule has 4 rings (SSSR count). The number of rotatable bonds is 10. The molecule has 1 aliphatic heterocycles. The molecule has 3 N–H and O–H groups in total. The lowest BCUT2D eigenvalue weighted by Gasteiger charge is -2.31. The number of piperidine rings is 1. The van der Waals surface area contributed by atoms with Crippen molar-refractivity contribution in [2.75, 3.05) is 36.9 Å². The zero-order chi connectivity index (χ0) is 29.5. The highest BCUT2D eigenvalue weighted by Gasteiger charge is 2.31. The number of benzene rings is 1. The molecule has 220 valence electrons. The second-order valence-electron chi connectivity index (χ2n) is 9.20. The number of anilines is 3. The third kappa shape index (κ3) is 9.73. The van der Waals surface area contributed by atoms with E-state index in [0.717, 1.165) is 17.7 Å². The molecule has 3 aromatic rings. The van der Waals surface area contributed by atoms with Crippen molar-refractivity contribution in [3.05, 3.63) is 59.9 Å². The van der Waals surface area contributed by atoms with Crippen molar-refractivity contribution < 1.29 is 35.9 Å². The smallest absolute Gasteiger partial charge is 0.422 e. The molecular weight excluding hydrogens is 558 g/mol. The number of alkyl halides is 6. The fraction of sp³-hybridized carbons (Fsp3) is 0.400. The quantitative estimate of drug-likeness (QED) is 0.302. The van der Waals surface area contributed by atoms with Crippen molar-refractivity contribution >= 4 is 23.5 Å². The average Bonchev–Trinajstić information content (AvgIpc) is 2.92. The van der Waals surface area contributed by atoms with Crippen LogP contribution in [-0.2, 0) is 17.5 Å². The summed E-state index contributed by atoms with van der Waals surface area (Å²) in [5.41, 5.74) is -0.0374. The van der Waals surface area contributed by atoms with Crippen LogP contribution < -0.4 is 20.7 Å². The summed E-state index contributed by atoms with van der Waals surface area (Å²) in [5, 5.41) is 8.44. The van der Waals surface area contributed by atoms with Crippen LogP contribution in [-0.4, -0.2) is 69.2 Å². The van der Waals surface area contributed by atoms with E-state index in [0.29, 0.717) is 32.5 Å². The standard InChI is InChI=1S/C25H26F6N8O2/c26-24(27,28)15-41-23-37-21(36-22(38-23)35-19-3-1-2-17(12-19)25(29,30)31)34-18-6-10-39(11-7-18)14-20(40)33-13-16-4-8-32-9-5-16/h1-5,8-9,12,18H,6-7,10-11,13-15H2,(H,33,40)(H2,34,35,36,37,38). The Morgan fingerprint density at radius 1 is 0.976 bits per heavy atom. The zero-order valence-electron chi connectivity index (χ0n) is 21.5. The molecule has 0 aliphatic carbocycles. The molecule has 16 heteroatoms. The van der Waals surface area contributed by atoms with Crippen molar-refractivity contribution in [1.82, 2.24) is 30.2 Å². The van der Waals surface area contributed by atoms with Gasteiger partial charge in [0.05, 0.1) is 12.1 Å². The summed E-state index contributed by atoms with van der Waals surface area (Å²) < 4.78 is 82.0. The zero-order valence-corrected chi connectivity index (χ0v) is 21.5. The molecule has 0 spiro atoms. The van der Waals surface area contributed by atoms with Crippen LogP contribution in [0, 0.1) is 0 Å². The fourth-order valence-corrected chi connectivity index (χ4v) is 3.97. The van der Waals surface area contributed by atoms with Crippen LogP contribution in [0.4, 0.5) is 43.9 Å². The van der Waals surface area contributed by atoms with Crippen molar-refractivity contribution in [3.63, 3.8) is 0 Å². The first-order valence-corrected chi connectivity index (χ1v) is 12.5. The monoisotopic (exact) mass is 584 g/mol. The number of aromatic nitrogens is 4. The fourth-order valence-electron chi connectivity index (χ4n) is 3.97. The lowest BCUT2D eigenvalue weighted by molar-refractivity contribution is -0.154. The summed E-state index contributed by atoms with van der Waals surface area (Å²) >= 11 is 0. The van der Waals surface area contributed by atoms with Crippen molar-refractivity contribution in [2.45, 2.75) is 37.8 Å². The number of carbonyl (C=O) groups is 1. The van der Waals surface area contributed by atoms with Gasteiger partial charge >= 0.3 is 18.4 Å². The van der Waals surface area contributed by atoms with Crippen LogP contribution in [0.5, 0.6) is 6.01 Å². The molecule has 3 heterocycles. The summed E-state index contributed by atoms with van der Waals surface area (Å²) in [6.45, 7) is 0.0237. The topological polar surface area (TPSA) is 117 Å². The number of nitrogens with one attached hydrogen (secondary N) is 3. The molecule has 1 fully saturated rings. The first-order valence-electron chi connectivity index (χ1n) is 12.5. The maximum Gasteiger partial charge on any atom is 0.422 e. The normalized spacial score (nSPS) is 14.9. The molecule has 1 aromatic carbocycles. The van der Waals surface area contributed by atoms with Gasteiger partial charge in [-0.1, -0.05) is 6.07 Å². The predicted octanol–water partition coefficient (Wildman–Crippen LogP) is 4.16. The lowest BCUT2D eigenvalue weighted by atomic mass is 10.1. The number of halogens is 6. The number of pyridine rings is 1. The largest absolute Gasteiger partial charge is 0.454 e. The van der Waals surface area contributed by atoms with E-state index in [2.05, 4.69) is 40.6 Å². The third-order valence-corrected chi connectivity index (χ3v) is 5.95. The first-order chi connectivity index (χ1) is 19.4. The van der Waals surface area contributed by atoms with E-state index in [1.54, 1.807) is 24.5 Å². The van der Waals surface area contributed by atoms with Crippen LogP contribution in [0.2, 0.25) is 0 Å². The van der Waals surface area contributed by atoms with Gasteiger partial charge in [-0.15, -0.1) is 0 Å². The van der Waals surface area contributed by atoms with Gasteiger partial charge in [0.25, 0.3) is 0 Å². The van der Waals surface area contributed by atoms with E-state index in [1.165, 1.54) is 12.1 Å². The number of ether oxygens (including phenoxy) is 1. The molecule has 0 saturated carbocycles. The molecule has 1 amide bonds. The highest BCUT2D eigenvalue weighted by atomic mass is 19.4. The maximum absolute atomic E-state index is 13.1. The van der Waals surface area contributed by atoms with Crippen LogP contribution in [0.15, 0.2) is 48.8 Å². The Morgan fingerprint density at radius 3 is 2.37 bits per heavy atom. The Labute approximate surface area is 230 Å². The molecule has 0 unspecified atom stereocenters. The number of hydrogen-bond acceptors (Lipinski definition) is 9. The molecule has 0 bridgehead atoms. The first kappa shape index (κ1) is 29.8. The van der Waals surface area contributed by atoms with E-state index >= 15 is 0 Å². The van der Waals surface area contributed by atoms with E-state index < -0.39 is 30.5 Å². The summed E-state index contributed by atoms with van der Waals surface area (Å²) in [6.07, 6.45) is -4.84. The lowest BCUT2D eigenvalue weighted by Crippen LogP contribution is -2.44. The highest BCUT2D eigenvalue weighted by Crippen LogP contribution is 2.31. The summed E-state index contributed by atoms with van der Waals surface area (Å²) in [6, 6.07) is 6.95. The van der Waals surface area contributed by atoms with Crippen molar-refractivity contribution in [1.29, 1.82) is 0 Å². The van der Waals surface area contributed by atoms with E-state index in [-0.39, 0.29) is 36.1 Å². The summed E-state index contributed by atoms with van der Waals surface area (Å²) in [4.78, 5) is 30.0. The third-order valence-electron chi connectivity index (χ3n) is 5.95. The van der Waals surface area contributed by atoms with Crippen molar-refractivity contribution in [2.24, 2.45) is 0 Å². The number of nitrogens with zero attached hydrogens (tertiary/aromatic N) is 5. The second kappa shape index (κ2) is 13.0. The average molecular weight is 585 g/mol. The predicted molar refractivity (Wildman–Crippen MR) is 135 cm³/mol.